The SMILES string of the molecule is COc1ccc(NC(=O)CN(c2cccc(SC)c2)S(C)(=O)=O)c(OC)c1. The molecule has 1 amide bonds. The Labute approximate surface area is 163 Å². The van der Waals surface area contributed by atoms with Gasteiger partial charge < -0.3 is 14.8 Å². The Morgan fingerprint density at radius 1 is 1.15 bits per heavy atom. The second kappa shape index (κ2) is 9.01. The fourth-order valence-corrected chi connectivity index (χ4v) is 3.69. The first-order valence-corrected chi connectivity index (χ1v) is 11.0. The highest BCUT2D eigenvalue weighted by molar-refractivity contribution is 7.98. The molecule has 0 aliphatic rings. The Morgan fingerprint density at radius 3 is 2.48 bits per heavy atom. The van der Waals surface area contributed by atoms with Crippen molar-refractivity contribution in [3.05, 3.63) is 42.5 Å². The van der Waals surface area contributed by atoms with Crippen molar-refractivity contribution in [3.63, 3.8) is 0 Å². The van der Waals surface area contributed by atoms with E-state index >= 15 is 0 Å². The van der Waals surface area contributed by atoms with Crippen LogP contribution < -0.4 is 19.1 Å². The average molecular weight is 411 g/mol. The molecule has 0 spiro atoms. The maximum absolute atomic E-state index is 12.5. The van der Waals surface area contributed by atoms with Gasteiger partial charge in [0.1, 0.15) is 18.0 Å². The molecule has 0 radical (unpaired) electrons. The van der Waals surface area contributed by atoms with Gasteiger partial charge in [-0.3, -0.25) is 9.10 Å². The van der Waals surface area contributed by atoms with E-state index in [4.69, 9.17) is 9.47 Å². The van der Waals surface area contributed by atoms with Crippen molar-refractivity contribution in [2.45, 2.75) is 4.90 Å². The van der Waals surface area contributed by atoms with E-state index in [-0.39, 0.29) is 6.54 Å². The molecule has 2 aromatic rings. The van der Waals surface area contributed by atoms with Crippen LogP contribution in [0.15, 0.2) is 47.4 Å². The first kappa shape index (κ1) is 20.9. The average Bonchev–Trinajstić information content (AvgIpc) is 2.65. The smallest absolute Gasteiger partial charge is 0.245 e. The lowest BCUT2D eigenvalue weighted by atomic mass is 10.2. The van der Waals surface area contributed by atoms with Crippen LogP contribution in [0.1, 0.15) is 0 Å². The van der Waals surface area contributed by atoms with Crippen LogP contribution >= 0.6 is 11.8 Å². The fraction of sp³-hybridized carbons (Fsp3) is 0.278. The molecule has 0 aliphatic heterocycles. The van der Waals surface area contributed by atoms with Gasteiger partial charge in [0, 0.05) is 11.0 Å². The number of hydrogen-bond acceptors (Lipinski definition) is 6. The summed E-state index contributed by atoms with van der Waals surface area (Å²) in [5.41, 5.74) is 0.857. The number of nitrogens with zero attached hydrogens (tertiary/aromatic N) is 1. The number of methoxy groups -OCH3 is 2. The monoisotopic (exact) mass is 410 g/mol. The highest BCUT2D eigenvalue weighted by atomic mass is 32.2. The molecule has 27 heavy (non-hydrogen) atoms. The predicted octanol–water partition coefficient (Wildman–Crippen LogP) is 2.83. The number of hydrogen-bond donors (Lipinski definition) is 1. The molecule has 0 unspecified atom stereocenters. The number of thioether (sulfide) groups is 1. The maximum atomic E-state index is 12.5. The highest BCUT2D eigenvalue weighted by Crippen LogP contribution is 2.29. The first-order chi connectivity index (χ1) is 12.8. The quantitative estimate of drug-likeness (QED) is 0.674. The van der Waals surface area contributed by atoms with Crippen LogP contribution in [0.4, 0.5) is 11.4 Å². The maximum Gasteiger partial charge on any atom is 0.245 e. The Morgan fingerprint density at radius 2 is 1.89 bits per heavy atom. The normalized spacial score (nSPS) is 11.0. The minimum absolute atomic E-state index is 0.355. The second-order valence-electron chi connectivity index (χ2n) is 5.59. The Balaban J connectivity index is 2.24. The molecule has 0 aromatic heterocycles. The molecule has 0 saturated carbocycles. The lowest BCUT2D eigenvalue weighted by Crippen LogP contribution is -2.37. The largest absolute Gasteiger partial charge is 0.497 e. The van der Waals surface area contributed by atoms with Crippen molar-refractivity contribution < 1.29 is 22.7 Å². The van der Waals surface area contributed by atoms with Crippen molar-refractivity contribution in [2.24, 2.45) is 0 Å². The summed E-state index contributed by atoms with van der Waals surface area (Å²) in [7, 11) is -0.644. The summed E-state index contributed by atoms with van der Waals surface area (Å²) in [6, 6.07) is 11.9. The van der Waals surface area contributed by atoms with Crippen LogP contribution in [0.25, 0.3) is 0 Å². The van der Waals surface area contributed by atoms with E-state index in [0.29, 0.717) is 22.9 Å². The van der Waals surface area contributed by atoms with Gasteiger partial charge >= 0.3 is 0 Å². The van der Waals surface area contributed by atoms with Gasteiger partial charge in [-0.15, -0.1) is 11.8 Å². The van der Waals surface area contributed by atoms with Crippen molar-refractivity contribution in [3.8, 4) is 11.5 Å². The Hall–Kier alpha value is -2.39. The Bertz CT molecular complexity index is 916. The summed E-state index contributed by atoms with van der Waals surface area (Å²) >= 11 is 1.49. The standard InChI is InChI=1S/C18H22N2O5S2/c1-24-14-8-9-16(17(11-14)25-2)19-18(21)12-20(27(4,22)23)13-6-5-7-15(10-13)26-3/h5-11H,12H2,1-4H3,(H,19,21). The molecule has 9 heteroatoms. The molecule has 0 heterocycles. The highest BCUT2D eigenvalue weighted by Gasteiger charge is 2.22. The second-order valence-corrected chi connectivity index (χ2v) is 8.37. The van der Waals surface area contributed by atoms with E-state index in [2.05, 4.69) is 5.32 Å². The van der Waals surface area contributed by atoms with Crippen molar-refractivity contribution >= 4 is 39.1 Å². The molecule has 0 saturated heterocycles. The van der Waals surface area contributed by atoms with Gasteiger partial charge in [0.25, 0.3) is 0 Å². The molecule has 146 valence electrons. The molecule has 2 rings (SSSR count). The zero-order valence-electron chi connectivity index (χ0n) is 15.6. The molecule has 0 aliphatic carbocycles. The Kier molecular flexibility index (Phi) is 6.98. The third-order valence-corrected chi connectivity index (χ3v) is 5.58. The first-order valence-electron chi connectivity index (χ1n) is 7.92. The summed E-state index contributed by atoms with van der Waals surface area (Å²) in [5, 5.41) is 2.68. The summed E-state index contributed by atoms with van der Waals surface area (Å²) in [4.78, 5) is 13.4. The molecule has 0 fully saturated rings. The number of nitrogens with one attached hydrogen (secondary N) is 1. The number of amides is 1. The molecule has 0 atom stereocenters. The summed E-state index contributed by atoms with van der Waals surface area (Å²) in [5.74, 6) is 0.507. The van der Waals surface area contributed by atoms with Crippen LogP contribution in [-0.2, 0) is 14.8 Å². The third kappa shape index (κ3) is 5.54. The van der Waals surface area contributed by atoms with Gasteiger partial charge in [0.05, 0.1) is 31.9 Å². The van der Waals surface area contributed by atoms with E-state index in [1.807, 2.05) is 12.3 Å². The zero-order chi connectivity index (χ0) is 20.0. The molecule has 1 N–H and O–H groups in total. The zero-order valence-corrected chi connectivity index (χ0v) is 17.2. The van der Waals surface area contributed by atoms with Crippen LogP contribution in [0, 0.1) is 0 Å². The lowest BCUT2D eigenvalue weighted by Gasteiger charge is -2.22. The van der Waals surface area contributed by atoms with Crippen LogP contribution in [-0.4, -0.2) is 47.6 Å². The van der Waals surface area contributed by atoms with Crippen LogP contribution in [0.3, 0.4) is 0 Å². The van der Waals surface area contributed by atoms with Gasteiger partial charge in [0.15, 0.2) is 0 Å². The topological polar surface area (TPSA) is 84.9 Å². The fourth-order valence-electron chi connectivity index (χ4n) is 2.39. The summed E-state index contributed by atoms with van der Waals surface area (Å²) in [6.07, 6.45) is 2.96. The van der Waals surface area contributed by atoms with E-state index in [1.165, 1.54) is 26.0 Å². The number of sulfonamides is 1. The third-order valence-electron chi connectivity index (χ3n) is 3.71. The molecule has 2 aromatic carbocycles. The summed E-state index contributed by atoms with van der Waals surface area (Å²) < 4.78 is 35.9. The number of rotatable bonds is 8. The predicted molar refractivity (Wildman–Crippen MR) is 109 cm³/mol. The number of benzene rings is 2. The van der Waals surface area contributed by atoms with E-state index in [9.17, 15) is 13.2 Å². The van der Waals surface area contributed by atoms with Gasteiger partial charge in [-0.25, -0.2) is 8.42 Å². The minimum Gasteiger partial charge on any atom is -0.497 e. The molecule has 0 bridgehead atoms. The van der Waals surface area contributed by atoms with E-state index in [0.717, 1.165) is 15.5 Å². The van der Waals surface area contributed by atoms with E-state index < -0.39 is 15.9 Å². The lowest BCUT2D eigenvalue weighted by molar-refractivity contribution is -0.114. The molecular formula is C18H22N2O5S2. The van der Waals surface area contributed by atoms with Gasteiger partial charge in [-0.2, -0.15) is 0 Å². The van der Waals surface area contributed by atoms with Gasteiger partial charge in [-0.1, -0.05) is 6.07 Å². The van der Waals surface area contributed by atoms with Gasteiger partial charge in [0.2, 0.25) is 15.9 Å². The number of ether oxygens (including phenoxy) is 2. The molecular weight excluding hydrogens is 388 g/mol. The minimum atomic E-state index is -3.64. The van der Waals surface area contributed by atoms with E-state index in [1.54, 1.807) is 36.4 Å². The van der Waals surface area contributed by atoms with Crippen molar-refractivity contribution in [2.75, 3.05) is 42.9 Å². The molecule has 7 nitrogen and oxygen atoms in total. The number of anilines is 2. The van der Waals surface area contributed by atoms with Gasteiger partial charge in [-0.05, 0) is 36.6 Å². The summed E-state index contributed by atoms with van der Waals surface area (Å²) in [6.45, 7) is -0.355. The van der Waals surface area contributed by atoms with Crippen molar-refractivity contribution in [1.29, 1.82) is 0 Å². The van der Waals surface area contributed by atoms with Crippen LogP contribution in [0.5, 0.6) is 11.5 Å². The number of carbonyl (C=O) groups is 1. The van der Waals surface area contributed by atoms with Crippen molar-refractivity contribution in [1.82, 2.24) is 0 Å². The van der Waals surface area contributed by atoms with Crippen LogP contribution in [0.2, 0.25) is 0 Å². The number of carbonyl (C=O) groups excluding carboxylic acids is 1.